The zero-order valence-corrected chi connectivity index (χ0v) is 18.1. The van der Waals surface area contributed by atoms with Gasteiger partial charge in [0.25, 0.3) is 11.8 Å². The van der Waals surface area contributed by atoms with E-state index in [1.54, 1.807) is 10.0 Å². The van der Waals surface area contributed by atoms with Gasteiger partial charge in [0.05, 0.1) is 12.2 Å². The Balaban J connectivity index is 0.000000696. The van der Waals surface area contributed by atoms with Crippen LogP contribution in [-0.4, -0.2) is 23.4 Å². The SMILES string of the molecule is C/C=C\CN1C(=O)C(CC)(CCCC)C(=O)N1c1ccccc1.C=CC(C)C. The van der Waals surface area contributed by atoms with Crippen LogP contribution in [0.4, 0.5) is 5.69 Å². The van der Waals surface area contributed by atoms with E-state index in [2.05, 4.69) is 27.4 Å². The highest BCUT2D eigenvalue weighted by Gasteiger charge is 2.56. The highest BCUT2D eigenvalue weighted by Crippen LogP contribution is 2.41. The standard InChI is InChI=1S/C19H26N2O2.C5H10/c1-4-7-14-19(6-3)17(22)20(15-8-5-2)21(18(19)23)16-12-10-9-11-13-16;1-4-5(2)3/h5,8-13H,4,6-7,14-15H2,1-3H3;4-5H,1H2,2-3H3/b8-5-;. The van der Waals surface area contributed by atoms with Crippen LogP contribution in [0.15, 0.2) is 55.1 Å². The largest absolute Gasteiger partial charge is 0.272 e. The van der Waals surface area contributed by atoms with E-state index >= 15 is 0 Å². The molecular weight excluding hydrogens is 348 g/mol. The third kappa shape index (κ3) is 5.34. The fraction of sp³-hybridized carbons (Fsp3) is 0.500. The number of hydrogen-bond acceptors (Lipinski definition) is 2. The molecule has 4 heteroatoms. The van der Waals surface area contributed by atoms with Crippen molar-refractivity contribution in [1.29, 1.82) is 0 Å². The van der Waals surface area contributed by atoms with Gasteiger partial charge >= 0.3 is 0 Å². The summed E-state index contributed by atoms with van der Waals surface area (Å²) < 4.78 is 0. The molecule has 1 aromatic carbocycles. The van der Waals surface area contributed by atoms with Crippen molar-refractivity contribution in [1.82, 2.24) is 5.01 Å². The number of carbonyl (C=O) groups is 2. The molecule has 1 fully saturated rings. The lowest BCUT2D eigenvalue weighted by molar-refractivity contribution is -0.139. The summed E-state index contributed by atoms with van der Waals surface area (Å²) in [6, 6.07) is 9.43. The van der Waals surface area contributed by atoms with Gasteiger partial charge in [-0.3, -0.25) is 9.59 Å². The van der Waals surface area contributed by atoms with Crippen LogP contribution >= 0.6 is 0 Å². The van der Waals surface area contributed by atoms with Crippen LogP contribution in [0.2, 0.25) is 0 Å². The molecule has 0 saturated carbocycles. The highest BCUT2D eigenvalue weighted by atomic mass is 16.2. The fourth-order valence-corrected chi connectivity index (χ4v) is 3.11. The van der Waals surface area contributed by atoms with E-state index in [0.717, 1.165) is 18.5 Å². The number of hydrogen-bond donors (Lipinski definition) is 0. The van der Waals surface area contributed by atoms with Crippen molar-refractivity contribution in [3.63, 3.8) is 0 Å². The predicted octanol–water partition coefficient (Wildman–Crippen LogP) is 5.77. The van der Waals surface area contributed by atoms with Gasteiger partial charge < -0.3 is 0 Å². The number of allylic oxidation sites excluding steroid dienone is 2. The lowest BCUT2D eigenvalue weighted by Gasteiger charge is -2.26. The molecule has 0 N–H and O–H groups in total. The molecule has 2 amide bonds. The maximum atomic E-state index is 13.2. The molecule has 0 spiro atoms. The summed E-state index contributed by atoms with van der Waals surface area (Å²) in [4.78, 5) is 26.3. The van der Waals surface area contributed by atoms with Gasteiger partial charge in [-0.1, -0.05) is 77.0 Å². The van der Waals surface area contributed by atoms with Crippen LogP contribution < -0.4 is 5.01 Å². The summed E-state index contributed by atoms with van der Waals surface area (Å²) in [5, 5.41) is 3.16. The Morgan fingerprint density at radius 1 is 1.11 bits per heavy atom. The molecule has 1 atom stereocenters. The van der Waals surface area contributed by atoms with Crippen molar-refractivity contribution < 1.29 is 9.59 Å². The Morgan fingerprint density at radius 2 is 1.71 bits per heavy atom. The first-order valence-electron chi connectivity index (χ1n) is 10.3. The molecule has 1 aromatic rings. The Morgan fingerprint density at radius 3 is 2.18 bits per heavy atom. The summed E-state index contributed by atoms with van der Waals surface area (Å²) in [5.41, 5.74) is -0.157. The maximum Gasteiger partial charge on any atom is 0.261 e. The van der Waals surface area contributed by atoms with Gasteiger partial charge in [-0.2, -0.15) is 0 Å². The van der Waals surface area contributed by atoms with E-state index in [0.29, 0.717) is 25.3 Å². The third-order valence-electron chi connectivity index (χ3n) is 5.03. The normalized spacial score (nSPS) is 19.4. The van der Waals surface area contributed by atoms with Crippen LogP contribution in [0.25, 0.3) is 0 Å². The number of carbonyl (C=O) groups excluding carboxylic acids is 2. The van der Waals surface area contributed by atoms with Gasteiger partial charge in [0.1, 0.15) is 5.41 Å². The molecule has 1 aliphatic rings. The van der Waals surface area contributed by atoms with Crippen LogP contribution in [0, 0.1) is 11.3 Å². The van der Waals surface area contributed by atoms with Gasteiger partial charge in [-0.25, -0.2) is 10.0 Å². The molecule has 2 rings (SSSR count). The molecular formula is C24H36N2O2. The fourth-order valence-electron chi connectivity index (χ4n) is 3.11. The smallest absolute Gasteiger partial charge is 0.261 e. The molecule has 154 valence electrons. The van der Waals surface area contributed by atoms with E-state index in [1.165, 1.54) is 0 Å². The molecule has 0 aliphatic carbocycles. The number of unbranched alkanes of at least 4 members (excludes halogenated alkanes) is 1. The molecule has 1 saturated heterocycles. The third-order valence-corrected chi connectivity index (χ3v) is 5.03. The summed E-state index contributed by atoms with van der Waals surface area (Å²) in [7, 11) is 0. The first kappa shape index (κ1) is 23.7. The average molecular weight is 385 g/mol. The minimum absolute atomic E-state index is 0.0691. The lowest BCUT2D eigenvalue weighted by atomic mass is 9.79. The quantitative estimate of drug-likeness (QED) is 0.422. The minimum Gasteiger partial charge on any atom is -0.272 e. The monoisotopic (exact) mass is 384 g/mol. The van der Waals surface area contributed by atoms with E-state index < -0.39 is 5.41 Å². The van der Waals surface area contributed by atoms with Crippen LogP contribution in [0.3, 0.4) is 0 Å². The van der Waals surface area contributed by atoms with Crippen molar-refractivity contribution in [2.24, 2.45) is 11.3 Å². The molecule has 1 aliphatic heterocycles. The summed E-state index contributed by atoms with van der Waals surface area (Å²) in [5.74, 6) is 0.490. The number of amides is 2. The number of anilines is 1. The summed E-state index contributed by atoms with van der Waals surface area (Å²) in [6.07, 6.45) is 8.74. The van der Waals surface area contributed by atoms with Gasteiger partial charge in [-0.15, -0.1) is 6.58 Å². The van der Waals surface area contributed by atoms with Gasteiger partial charge in [0, 0.05) is 0 Å². The Hall–Kier alpha value is -2.36. The molecule has 0 aromatic heterocycles. The first-order valence-corrected chi connectivity index (χ1v) is 10.3. The Labute approximate surface area is 170 Å². The molecule has 28 heavy (non-hydrogen) atoms. The van der Waals surface area contributed by atoms with Crippen molar-refractivity contribution in [3.8, 4) is 0 Å². The average Bonchev–Trinajstić information content (AvgIpc) is 2.92. The summed E-state index contributed by atoms with van der Waals surface area (Å²) in [6.45, 7) is 14.1. The van der Waals surface area contributed by atoms with Crippen molar-refractivity contribution in [2.75, 3.05) is 11.6 Å². The number of para-hydroxylation sites is 1. The molecule has 1 unspecified atom stereocenters. The second kappa shape index (κ2) is 11.5. The second-order valence-electron chi connectivity index (χ2n) is 7.43. The zero-order valence-electron chi connectivity index (χ0n) is 18.1. The lowest BCUT2D eigenvalue weighted by Crippen LogP contribution is -2.41. The van der Waals surface area contributed by atoms with E-state index in [1.807, 2.05) is 62.4 Å². The van der Waals surface area contributed by atoms with Crippen molar-refractivity contribution >= 4 is 17.5 Å². The Kier molecular flexibility index (Phi) is 9.70. The van der Waals surface area contributed by atoms with Crippen LogP contribution in [0.5, 0.6) is 0 Å². The Bertz CT molecular complexity index is 666. The van der Waals surface area contributed by atoms with E-state index in [9.17, 15) is 9.59 Å². The van der Waals surface area contributed by atoms with Crippen LogP contribution in [-0.2, 0) is 9.59 Å². The topological polar surface area (TPSA) is 40.6 Å². The van der Waals surface area contributed by atoms with E-state index in [-0.39, 0.29) is 11.8 Å². The van der Waals surface area contributed by atoms with Crippen LogP contribution in [0.1, 0.15) is 60.3 Å². The zero-order chi connectivity index (χ0) is 21.2. The number of nitrogens with zero attached hydrogens (tertiary/aromatic N) is 2. The number of hydrazine groups is 1. The van der Waals surface area contributed by atoms with Gasteiger partial charge in [0.15, 0.2) is 0 Å². The van der Waals surface area contributed by atoms with Gasteiger partial charge in [0.2, 0.25) is 0 Å². The minimum atomic E-state index is -0.909. The molecule has 0 bridgehead atoms. The maximum absolute atomic E-state index is 13.2. The second-order valence-corrected chi connectivity index (χ2v) is 7.43. The van der Waals surface area contributed by atoms with Crippen molar-refractivity contribution in [2.45, 2.75) is 60.3 Å². The predicted molar refractivity (Wildman–Crippen MR) is 118 cm³/mol. The highest BCUT2D eigenvalue weighted by molar-refractivity contribution is 6.18. The number of benzene rings is 1. The first-order chi connectivity index (χ1) is 13.4. The van der Waals surface area contributed by atoms with Gasteiger partial charge in [-0.05, 0) is 37.8 Å². The molecule has 4 nitrogen and oxygen atoms in total. The summed E-state index contributed by atoms with van der Waals surface area (Å²) >= 11 is 0. The number of rotatable bonds is 8. The molecule has 1 heterocycles. The van der Waals surface area contributed by atoms with Crippen molar-refractivity contribution in [3.05, 3.63) is 55.1 Å². The van der Waals surface area contributed by atoms with E-state index in [4.69, 9.17) is 0 Å². The molecule has 0 radical (unpaired) electrons.